The van der Waals surface area contributed by atoms with Crippen LogP contribution in [-0.2, 0) is 12.6 Å². The van der Waals surface area contributed by atoms with Crippen molar-refractivity contribution in [3.05, 3.63) is 71.3 Å². The third-order valence-corrected chi connectivity index (χ3v) is 7.39. The maximum atomic E-state index is 13.2. The summed E-state index contributed by atoms with van der Waals surface area (Å²) in [5.41, 5.74) is 0.667. The van der Waals surface area contributed by atoms with Crippen molar-refractivity contribution < 1.29 is 18.0 Å². The SMILES string of the molecule is CCc1nc(Sc2nc(C(=O)Nc3cccc(C(F)(F)F)c3)cc(C3=CC=CCC3)n2)nc(N2CCN(C)CC2)n1. The molecule has 1 aliphatic heterocycles. The van der Waals surface area contributed by atoms with E-state index in [9.17, 15) is 18.0 Å². The Morgan fingerprint density at radius 2 is 1.80 bits per heavy atom. The largest absolute Gasteiger partial charge is 0.416 e. The molecule has 0 bridgehead atoms. The van der Waals surface area contributed by atoms with Gasteiger partial charge < -0.3 is 15.1 Å². The highest BCUT2D eigenvalue weighted by atomic mass is 32.2. The average molecular weight is 583 g/mol. The zero-order chi connectivity index (χ0) is 29.0. The molecule has 1 fully saturated rings. The van der Waals surface area contributed by atoms with Crippen LogP contribution in [0.4, 0.5) is 24.8 Å². The van der Waals surface area contributed by atoms with E-state index in [-0.39, 0.29) is 16.5 Å². The number of allylic oxidation sites excluding steroid dienone is 4. The van der Waals surface area contributed by atoms with E-state index in [4.69, 9.17) is 4.98 Å². The molecule has 5 rings (SSSR count). The number of piperazine rings is 1. The monoisotopic (exact) mass is 582 g/mol. The topological polar surface area (TPSA) is 100 Å². The predicted molar refractivity (Wildman–Crippen MR) is 151 cm³/mol. The summed E-state index contributed by atoms with van der Waals surface area (Å²) in [6, 6.07) is 6.04. The van der Waals surface area contributed by atoms with Crippen molar-refractivity contribution in [3.63, 3.8) is 0 Å². The van der Waals surface area contributed by atoms with Gasteiger partial charge in [0.05, 0.1) is 11.3 Å². The Bertz CT molecular complexity index is 1490. The van der Waals surface area contributed by atoms with E-state index in [1.807, 2.05) is 25.2 Å². The number of likely N-dealkylation sites (N-methyl/N-ethyl adjacent to an activating group) is 1. The zero-order valence-corrected chi connectivity index (χ0v) is 23.5. The summed E-state index contributed by atoms with van der Waals surface area (Å²) < 4.78 is 39.6. The van der Waals surface area contributed by atoms with Crippen molar-refractivity contribution >= 4 is 34.9 Å². The van der Waals surface area contributed by atoms with Crippen LogP contribution < -0.4 is 10.2 Å². The molecule has 1 amide bonds. The van der Waals surface area contributed by atoms with Crippen molar-refractivity contribution in [1.29, 1.82) is 0 Å². The van der Waals surface area contributed by atoms with Crippen LogP contribution in [0, 0.1) is 0 Å². The number of hydrogen-bond acceptors (Lipinski definition) is 9. The van der Waals surface area contributed by atoms with Gasteiger partial charge in [0, 0.05) is 38.3 Å². The lowest BCUT2D eigenvalue weighted by Gasteiger charge is -2.32. The molecule has 2 aliphatic rings. The van der Waals surface area contributed by atoms with Crippen molar-refractivity contribution in [2.75, 3.05) is 43.4 Å². The van der Waals surface area contributed by atoms with Crippen LogP contribution in [0.25, 0.3) is 5.57 Å². The third kappa shape index (κ3) is 7.27. The smallest absolute Gasteiger partial charge is 0.338 e. The minimum Gasteiger partial charge on any atom is -0.338 e. The van der Waals surface area contributed by atoms with E-state index in [0.29, 0.717) is 29.0 Å². The van der Waals surface area contributed by atoms with E-state index in [0.717, 1.165) is 68.5 Å². The first-order chi connectivity index (χ1) is 19.7. The molecule has 1 aromatic carbocycles. The van der Waals surface area contributed by atoms with Crippen LogP contribution in [-0.4, -0.2) is 69.0 Å². The van der Waals surface area contributed by atoms with E-state index in [2.05, 4.69) is 42.1 Å². The number of halogens is 3. The molecule has 13 heteroatoms. The second kappa shape index (κ2) is 12.4. The summed E-state index contributed by atoms with van der Waals surface area (Å²) in [5.74, 6) is 0.575. The highest BCUT2D eigenvalue weighted by Crippen LogP contribution is 2.31. The lowest BCUT2D eigenvalue weighted by atomic mass is 10.0. The Kier molecular flexibility index (Phi) is 8.64. The number of carbonyl (C=O) groups is 1. The molecule has 0 saturated carbocycles. The lowest BCUT2D eigenvalue weighted by Crippen LogP contribution is -2.45. The summed E-state index contributed by atoms with van der Waals surface area (Å²) in [5, 5.41) is 3.20. The van der Waals surface area contributed by atoms with Gasteiger partial charge in [0.1, 0.15) is 11.5 Å². The second-order valence-corrected chi connectivity index (χ2v) is 10.6. The van der Waals surface area contributed by atoms with Crippen LogP contribution in [0.15, 0.2) is 58.9 Å². The highest BCUT2D eigenvalue weighted by molar-refractivity contribution is 7.99. The number of nitrogens with zero attached hydrogens (tertiary/aromatic N) is 7. The van der Waals surface area contributed by atoms with Crippen molar-refractivity contribution in [1.82, 2.24) is 29.8 Å². The number of alkyl halides is 3. The van der Waals surface area contributed by atoms with Gasteiger partial charge in [-0.2, -0.15) is 23.1 Å². The first-order valence-corrected chi connectivity index (χ1v) is 14.1. The maximum absolute atomic E-state index is 13.2. The molecular weight excluding hydrogens is 553 g/mol. The number of benzene rings is 1. The Hall–Kier alpha value is -3.84. The molecule has 0 atom stereocenters. The van der Waals surface area contributed by atoms with Gasteiger partial charge >= 0.3 is 6.18 Å². The molecule has 1 N–H and O–H groups in total. The number of carbonyl (C=O) groups excluding carboxylic acids is 1. The zero-order valence-electron chi connectivity index (χ0n) is 22.6. The molecule has 0 radical (unpaired) electrons. The predicted octanol–water partition coefficient (Wildman–Crippen LogP) is 5.13. The fourth-order valence-electron chi connectivity index (χ4n) is 4.36. The van der Waals surface area contributed by atoms with Gasteiger partial charge in [-0.3, -0.25) is 4.79 Å². The number of anilines is 2. The van der Waals surface area contributed by atoms with Crippen LogP contribution in [0.2, 0.25) is 0 Å². The number of aryl methyl sites for hydroxylation is 1. The summed E-state index contributed by atoms with van der Waals surface area (Å²) in [7, 11) is 2.08. The standard InChI is InChI=1S/C28H29F3N8OS/c1-3-23-35-25(39-14-12-38(2)13-15-39)37-27(36-23)41-26-33-21(18-8-5-4-6-9-18)17-22(34-26)24(40)32-20-11-7-10-19(16-20)28(29,30)31/h4-5,7-8,10-11,16-17H,3,6,9,12-15H2,1-2H3,(H,32,40). The number of nitrogens with one attached hydrogen (secondary N) is 1. The van der Waals surface area contributed by atoms with Crippen LogP contribution in [0.3, 0.4) is 0 Å². The molecule has 214 valence electrons. The molecule has 1 aliphatic carbocycles. The fourth-order valence-corrected chi connectivity index (χ4v) is 5.09. The summed E-state index contributed by atoms with van der Waals surface area (Å²) in [4.78, 5) is 40.6. The third-order valence-electron chi connectivity index (χ3n) is 6.66. The van der Waals surface area contributed by atoms with Gasteiger partial charge in [-0.1, -0.05) is 31.2 Å². The number of amides is 1. The molecule has 1 saturated heterocycles. The Labute approximate surface area is 240 Å². The molecule has 3 heterocycles. The summed E-state index contributed by atoms with van der Waals surface area (Å²) in [6.07, 6.45) is 3.53. The van der Waals surface area contributed by atoms with Crippen LogP contribution in [0.1, 0.15) is 47.3 Å². The molecule has 41 heavy (non-hydrogen) atoms. The molecular formula is C28H29F3N8OS. The average Bonchev–Trinajstić information content (AvgIpc) is 2.97. The first-order valence-electron chi connectivity index (χ1n) is 13.3. The minimum absolute atomic E-state index is 0.0147. The first kappa shape index (κ1) is 28.7. The number of rotatable bonds is 7. The molecule has 0 spiro atoms. The van der Waals surface area contributed by atoms with E-state index >= 15 is 0 Å². The minimum atomic E-state index is -4.53. The maximum Gasteiger partial charge on any atom is 0.416 e. The van der Waals surface area contributed by atoms with Crippen LogP contribution >= 0.6 is 11.8 Å². The fraction of sp³-hybridized carbons (Fsp3) is 0.357. The van der Waals surface area contributed by atoms with Crippen molar-refractivity contribution in [3.8, 4) is 0 Å². The van der Waals surface area contributed by atoms with Gasteiger partial charge in [0.25, 0.3) is 5.91 Å². The number of aromatic nitrogens is 5. The van der Waals surface area contributed by atoms with Gasteiger partial charge in [-0.15, -0.1) is 0 Å². The summed E-state index contributed by atoms with van der Waals surface area (Å²) in [6.45, 7) is 5.35. The van der Waals surface area contributed by atoms with E-state index < -0.39 is 17.6 Å². The summed E-state index contributed by atoms with van der Waals surface area (Å²) >= 11 is 1.12. The number of hydrogen-bond donors (Lipinski definition) is 1. The van der Waals surface area contributed by atoms with Gasteiger partial charge in [0.2, 0.25) is 11.1 Å². The van der Waals surface area contributed by atoms with E-state index in [1.165, 1.54) is 12.1 Å². The second-order valence-electron chi connectivity index (χ2n) is 9.69. The van der Waals surface area contributed by atoms with Crippen molar-refractivity contribution in [2.24, 2.45) is 0 Å². The van der Waals surface area contributed by atoms with Crippen molar-refractivity contribution in [2.45, 2.75) is 42.7 Å². The van der Waals surface area contributed by atoms with Gasteiger partial charge in [-0.05, 0) is 61.5 Å². The Balaban J connectivity index is 1.46. The van der Waals surface area contributed by atoms with E-state index in [1.54, 1.807) is 6.07 Å². The normalized spacial score (nSPS) is 16.0. The molecule has 9 nitrogen and oxygen atoms in total. The Morgan fingerprint density at radius 1 is 1.02 bits per heavy atom. The molecule has 0 unspecified atom stereocenters. The molecule has 3 aromatic rings. The van der Waals surface area contributed by atoms with Gasteiger partial charge in [0.15, 0.2) is 5.16 Å². The Morgan fingerprint density at radius 3 is 2.51 bits per heavy atom. The van der Waals surface area contributed by atoms with Crippen LogP contribution in [0.5, 0.6) is 0 Å². The molecule has 2 aromatic heterocycles. The van der Waals surface area contributed by atoms with Gasteiger partial charge in [-0.25, -0.2) is 15.0 Å². The highest BCUT2D eigenvalue weighted by Gasteiger charge is 2.30. The quantitative estimate of drug-likeness (QED) is 0.380. The lowest BCUT2D eigenvalue weighted by molar-refractivity contribution is -0.137.